The third-order valence-corrected chi connectivity index (χ3v) is 4.39. The van der Waals surface area contributed by atoms with Crippen molar-refractivity contribution in [3.8, 4) is 5.75 Å². The Morgan fingerprint density at radius 3 is 2.81 bits per heavy atom. The minimum absolute atomic E-state index is 0.213. The number of rotatable bonds is 6. The van der Waals surface area contributed by atoms with Crippen molar-refractivity contribution in [2.24, 2.45) is 0 Å². The fraction of sp³-hybridized carbons (Fsp3) is 0.368. The number of methoxy groups -OCH3 is 1. The molecule has 0 fully saturated rings. The van der Waals surface area contributed by atoms with E-state index in [2.05, 4.69) is 15.7 Å². The first-order chi connectivity index (χ1) is 13.0. The largest absolute Gasteiger partial charge is 0.495 e. The maximum Gasteiger partial charge on any atom is 0.267 e. The number of carbonyl (C=O) groups excluding carboxylic acids is 2. The van der Waals surface area contributed by atoms with Gasteiger partial charge in [0.1, 0.15) is 12.3 Å². The SMILES string of the molecule is COc1ccc(C)cc1NC(=O)CNC(=O)Cn1nc2c(cc1=O)CCC2. The van der Waals surface area contributed by atoms with Gasteiger partial charge in [-0.1, -0.05) is 6.07 Å². The Kier molecular flexibility index (Phi) is 5.54. The number of nitrogens with zero attached hydrogens (tertiary/aromatic N) is 2. The van der Waals surface area contributed by atoms with E-state index < -0.39 is 5.91 Å². The summed E-state index contributed by atoms with van der Waals surface area (Å²) in [5, 5.41) is 9.46. The van der Waals surface area contributed by atoms with E-state index in [1.807, 2.05) is 13.0 Å². The maximum atomic E-state index is 12.1. The zero-order valence-corrected chi connectivity index (χ0v) is 15.4. The number of carbonyl (C=O) groups is 2. The number of aromatic nitrogens is 2. The van der Waals surface area contributed by atoms with Crippen molar-refractivity contribution in [3.05, 3.63) is 51.4 Å². The Labute approximate surface area is 156 Å². The summed E-state index contributed by atoms with van der Waals surface area (Å²) >= 11 is 0. The molecule has 142 valence electrons. The van der Waals surface area contributed by atoms with Crippen molar-refractivity contribution in [1.82, 2.24) is 15.1 Å². The minimum Gasteiger partial charge on any atom is -0.495 e. The van der Waals surface area contributed by atoms with Crippen molar-refractivity contribution in [2.75, 3.05) is 19.0 Å². The van der Waals surface area contributed by atoms with Gasteiger partial charge >= 0.3 is 0 Å². The fourth-order valence-corrected chi connectivity index (χ4v) is 3.04. The van der Waals surface area contributed by atoms with Crippen LogP contribution in [0.2, 0.25) is 0 Å². The van der Waals surface area contributed by atoms with Gasteiger partial charge in [-0.05, 0) is 49.4 Å². The lowest BCUT2D eigenvalue weighted by molar-refractivity contribution is -0.124. The normalized spacial score (nSPS) is 12.4. The molecular weight excluding hydrogens is 348 g/mol. The average Bonchev–Trinajstić information content (AvgIpc) is 3.07. The van der Waals surface area contributed by atoms with Gasteiger partial charge in [0.2, 0.25) is 11.8 Å². The van der Waals surface area contributed by atoms with Crippen LogP contribution in [0, 0.1) is 6.92 Å². The van der Waals surface area contributed by atoms with Gasteiger partial charge in [-0.25, -0.2) is 4.68 Å². The lowest BCUT2D eigenvalue weighted by Crippen LogP contribution is -2.38. The van der Waals surface area contributed by atoms with Crippen LogP contribution in [0.15, 0.2) is 29.1 Å². The summed E-state index contributed by atoms with van der Waals surface area (Å²) < 4.78 is 6.35. The highest BCUT2D eigenvalue weighted by atomic mass is 16.5. The minimum atomic E-state index is -0.450. The Bertz CT molecular complexity index is 936. The molecule has 2 N–H and O–H groups in total. The van der Waals surface area contributed by atoms with Crippen LogP contribution in [0.3, 0.4) is 0 Å². The second-order valence-corrected chi connectivity index (χ2v) is 6.49. The lowest BCUT2D eigenvalue weighted by Gasteiger charge is -2.12. The predicted molar refractivity (Wildman–Crippen MR) is 99.9 cm³/mol. The van der Waals surface area contributed by atoms with Crippen molar-refractivity contribution in [3.63, 3.8) is 0 Å². The molecule has 0 atom stereocenters. The van der Waals surface area contributed by atoms with Crippen molar-refractivity contribution < 1.29 is 14.3 Å². The van der Waals surface area contributed by atoms with Gasteiger partial charge in [0.15, 0.2) is 0 Å². The number of aryl methyl sites for hydroxylation is 3. The van der Waals surface area contributed by atoms with E-state index in [9.17, 15) is 14.4 Å². The van der Waals surface area contributed by atoms with Crippen LogP contribution in [-0.4, -0.2) is 35.2 Å². The topological polar surface area (TPSA) is 102 Å². The van der Waals surface area contributed by atoms with Gasteiger partial charge in [-0.15, -0.1) is 0 Å². The quantitative estimate of drug-likeness (QED) is 0.783. The van der Waals surface area contributed by atoms with E-state index in [0.717, 1.165) is 40.8 Å². The highest BCUT2D eigenvalue weighted by Crippen LogP contribution is 2.24. The first-order valence-electron chi connectivity index (χ1n) is 8.77. The summed E-state index contributed by atoms with van der Waals surface area (Å²) in [6.45, 7) is 1.47. The summed E-state index contributed by atoms with van der Waals surface area (Å²) in [4.78, 5) is 36.2. The zero-order chi connectivity index (χ0) is 19.4. The molecule has 0 saturated heterocycles. The molecule has 2 aromatic rings. The molecule has 0 radical (unpaired) electrons. The number of hydrogen-bond acceptors (Lipinski definition) is 5. The molecule has 1 aliphatic rings. The first kappa shape index (κ1) is 18.6. The molecule has 8 nitrogen and oxygen atoms in total. The number of anilines is 1. The van der Waals surface area contributed by atoms with Crippen LogP contribution in [0.25, 0.3) is 0 Å². The number of nitrogens with one attached hydrogen (secondary N) is 2. The molecule has 0 aliphatic heterocycles. The first-order valence-corrected chi connectivity index (χ1v) is 8.77. The van der Waals surface area contributed by atoms with Gasteiger partial charge in [0.05, 0.1) is 25.0 Å². The Morgan fingerprint density at radius 1 is 1.22 bits per heavy atom. The van der Waals surface area contributed by atoms with Crippen LogP contribution in [0.1, 0.15) is 23.2 Å². The molecular formula is C19H22N4O4. The maximum absolute atomic E-state index is 12.1. The van der Waals surface area contributed by atoms with E-state index in [1.54, 1.807) is 18.2 Å². The molecule has 1 aliphatic carbocycles. The number of hydrogen-bond donors (Lipinski definition) is 2. The predicted octanol–water partition coefficient (Wildman–Crippen LogP) is 0.804. The van der Waals surface area contributed by atoms with Gasteiger partial charge in [0.25, 0.3) is 5.56 Å². The molecule has 0 bridgehead atoms. The van der Waals surface area contributed by atoms with Gasteiger partial charge in [-0.2, -0.15) is 5.10 Å². The average molecular weight is 370 g/mol. The number of fused-ring (bicyclic) bond motifs is 1. The smallest absolute Gasteiger partial charge is 0.267 e. The van der Waals surface area contributed by atoms with Crippen molar-refractivity contribution in [2.45, 2.75) is 32.7 Å². The van der Waals surface area contributed by atoms with E-state index in [-0.39, 0.29) is 24.6 Å². The van der Waals surface area contributed by atoms with E-state index in [4.69, 9.17) is 4.74 Å². The standard InChI is InChI=1S/C19H22N4O4/c1-12-6-7-16(27-2)15(8-12)21-17(24)10-20-18(25)11-23-19(26)9-13-4-3-5-14(13)22-23/h6-9H,3-5,10-11H2,1-2H3,(H,20,25)(H,21,24). The monoisotopic (exact) mass is 370 g/mol. The Balaban J connectivity index is 1.56. The molecule has 1 aromatic heterocycles. The highest BCUT2D eigenvalue weighted by Gasteiger charge is 2.16. The zero-order valence-electron chi connectivity index (χ0n) is 15.4. The second kappa shape index (κ2) is 8.03. The number of ether oxygens (including phenoxy) is 1. The highest BCUT2D eigenvalue weighted by molar-refractivity contribution is 5.95. The van der Waals surface area contributed by atoms with Crippen LogP contribution in [0.4, 0.5) is 5.69 Å². The third kappa shape index (κ3) is 4.52. The van der Waals surface area contributed by atoms with E-state index >= 15 is 0 Å². The summed E-state index contributed by atoms with van der Waals surface area (Å²) in [5.74, 6) is -0.301. The van der Waals surface area contributed by atoms with Crippen LogP contribution >= 0.6 is 0 Å². The summed E-state index contributed by atoms with van der Waals surface area (Å²) in [6, 6.07) is 6.96. The number of benzene rings is 1. The Morgan fingerprint density at radius 2 is 2.04 bits per heavy atom. The molecule has 8 heteroatoms. The summed E-state index contributed by atoms with van der Waals surface area (Å²) in [7, 11) is 1.52. The molecule has 0 saturated carbocycles. The molecule has 2 amide bonds. The van der Waals surface area contributed by atoms with Crippen LogP contribution < -0.4 is 20.9 Å². The van der Waals surface area contributed by atoms with Crippen LogP contribution in [0.5, 0.6) is 5.75 Å². The molecule has 1 heterocycles. The Hall–Kier alpha value is -3.16. The summed E-state index contributed by atoms with van der Waals surface area (Å²) in [6.07, 6.45) is 2.64. The van der Waals surface area contributed by atoms with Gasteiger partial charge in [0, 0.05) is 6.07 Å². The molecule has 27 heavy (non-hydrogen) atoms. The second-order valence-electron chi connectivity index (χ2n) is 6.49. The van der Waals surface area contributed by atoms with Crippen molar-refractivity contribution >= 4 is 17.5 Å². The molecule has 3 rings (SSSR count). The van der Waals surface area contributed by atoms with Crippen molar-refractivity contribution in [1.29, 1.82) is 0 Å². The molecule has 0 spiro atoms. The van der Waals surface area contributed by atoms with Gasteiger partial charge in [-0.3, -0.25) is 14.4 Å². The fourth-order valence-electron chi connectivity index (χ4n) is 3.04. The van der Waals surface area contributed by atoms with E-state index in [0.29, 0.717) is 11.4 Å². The third-order valence-electron chi connectivity index (χ3n) is 4.39. The van der Waals surface area contributed by atoms with E-state index in [1.165, 1.54) is 7.11 Å². The number of amides is 2. The van der Waals surface area contributed by atoms with Gasteiger partial charge < -0.3 is 15.4 Å². The summed E-state index contributed by atoms with van der Waals surface area (Å²) in [5.41, 5.74) is 3.03. The molecule has 1 aromatic carbocycles. The van der Waals surface area contributed by atoms with Crippen LogP contribution in [-0.2, 0) is 29.0 Å². The lowest BCUT2D eigenvalue weighted by atomic mass is 10.2. The molecule has 0 unspecified atom stereocenters.